The molecule has 0 radical (unpaired) electrons. The predicted octanol–water partition coefficient (Wildman–Crippen LogP) is 6.14. The van der Waals surface area contributed by atoms with Crippen molar-refractivity contribution in [3.05, 3.63) is 95.1 Å². The summed E-state index contributed by atoms with van der Waals surface area (Å²) in [5, 5.41) is 0.399. The highest BCUT2D eigenvalue weighted by Crippen LogP contribution is 2.51. The zero-order valence-corrected chi connectivity index (χ0v) is 15.0. The highest BCUT2D eigenvalue weighted by atomic mass is 32.2. The zero-order valence-electron chi connectivity index (χ0n) is 14.1. The van der Waals surface area contributed by atoms with Crippen molar-refractivity contribution in [3.8, 4) is 0 Å². The second-order valence-electron chi connectivity index (χ2n) is 6.88. The molecule has 25 heavy (non-hydrogen) atoms. The van der Waals surface area contributed by atoms with Gasteiger partial charge in [-0.2, -0.15) is 0 Å². The Morgan fingerprint density at radius 1 is 0.880 bits per heavy atom. The summed E-state index contributed by atoms with van der Waals surface area (Å²) in [5.74, 6) is 0.428. The smallest absolute Gasteiger partial charge is 0.0769 e. The first-order valence-corrected chi connectivity index (χ1v) is 9.67. The second-order valence-corrected chi connectivity index (χ2v) is 8.07. The molecule has 0 saturated carbocycles. The third-order valence-corrected chi connectivity index (χ3v) is 6.67. The number of aliphatic imine (C=N–C) groups is 1. The fourth-order valence-electron chi connectivity index (χ4n) is 3.93. The molecule has 0 N–H and O–H groups in total. The molecule has 0 aromatic heterocycles. The van der Waals surface area contributed by atoms with Crippen molar-refractivity contribution in [3.63, 3.8) is 0 Å². The van der Waals surface area contributed by atoms with Gasteiger partial charge in [0.05, 0.1) is 11.4 Å². The topological polar surface area (TPSA) is 12.4 Å². The third-order valence-electron chi connectivity index (χ3n) is 5.22. The molecule has 1 heterocycles. The summed E-state index contributed by atoms with van der Waals surface area (Å²) < 4.78 is 0. The average Bonchev–Trinajstić information content (AvgIpc) is 2.92. The monoisotopic (exact) mass is 341 g/mol. The largest absolute Gasteiger partial charge is 0.251 e. The molecule has 0 fully saturated rings. The van der Waals surface area contributed by atoms with Crippen LogP contribution in [0, 0.1) is 12.8 Å². The highest BCUT2D eigenvalue weighted by Gasteiger charge is 2.37. The van der Waals surface area contributed by atoms with Crippen LogP contribution in [0.2, 0.25) is 0 Å². The van der Waals surface area contributed by atoms with Gasteiger partial charge in [-0.25, -0.2) is 0 Å². The van der Waals surface area contributed by atoms with E-state index in [-0.39, 0.29) is 0 Å². The Morgan fingerprint density at radius 3 is 2.52 bits per heavy atom. The maximum atomic E-state index is 5.13. The van der Waals surface area contributed by atoms with Gasteiger partial charge < -0.3 is 0 Å². The van der Waals surface area contributed by atoms with Crippen LogP contribution in [0.15, 0.2) is 82.7 Å². The lowest BCUT2D eigenvalue weighted by Gasteiger charge is -2.22. The van der Waals surface area contributed by atoms with Crippen molar-refractivity contribution in [2.45, 2.75) is 23.5 Å². The standard InChI is InChI=1S/C23H19NS/c1-15-10-12-16(13-11-15)23-19-14-17-6-2-3-7-18(17)22(19)24-20-8-4-5-9-21(20)25-23/h2-13,19,23H,14H2,1H3/t19-,23+/m0/s1. The zero-order chi connectivity index (χ0) is 16.8. The molecule has 122 valence electrons. The normalized spacial score (nSPS) is 20.9. The molecule has 0 amide bonds. The van der Waals surface area contributed by atoms with Crippen LogP contribution in [0.5, 0.6) is 0 Å². The molecule has 3 aromatic rings. The summed E-state index contributed by atoms with van der Waals surface area (Å²) in [6.45, 7) is 2.15. The van der Waals surface area contributed by atoms with Crippen LogP contribution in [0.3, 0.4) is 0 Å². The highest BCUT2D eigenvalue weighted by molar-refractivity contribution is 7.99. The number of para-hydroxylation sites is 1. The van der Waals surface area contributed by atoms with Crippen molar-refractivity contribution < 1.29 is 0 Å². The van der Waals surface area contributed by atoms with E-state index in [4.69, 9.17) is 4.99 Å². The molecule has 2 atom stereocenters. The molecule has 1 aliphatic heterocycles. The van der Waals surface area contributed by atoms with Crippen LogP contribution < -0.4 is 0 Å². The van der Waals surface area contributed by atoms with Gasteiger partial charge in [0.15, 0.2) is 0 Å². The van der Waals surface area contributed by atoms with Crippen LogP contribution in [-0.4, -0.2) is 5.71 Å². The van der Waals surface area contributed by atoms with E-state index in [1.165, 1.54) is 32.9 Å². The van der Waals surface area contributed by atoms with E-state index in [1.54, 1.807) is 0 Å². The van der Waals surface area contributed by atoms with E-state index in [0.717, 1.165) is 12.1 Å². The number of rotatable bonds is 1. The van der Waals surface area contributed by atoms with E-state index in [1.807, 2.05) is 11.8 Å². The summed E-state index contributed by atoms with van der Waals surface area (Å²) in [5.41, 5.74) is 7.85. The Labute approximate surface area is 152 Å². The Hall–Kier alpha value is -2.32. The number of hydrogen-bond donors (Lipinski definition) is 0. The van der Waals surface area contributed by atoms with Gasteiger partial charge in [-0.1, -0.05) is 66.2 Å². The van der Waals surface area contributed by atoms with Gasteiger partial charge in [0.25, 0.3) is 0 Å². The molecule has 0 bridgehead atoms. The maximum Gasteiger partial charge on any atom is 0.0769 e. The fourth-order valence-corrected chi connectivity index (χ4v) is 5.28. The third kappa shape index (κ3) is 2.52. The molecule has 1 aliphatic carbocycles. The lowest BCUT2D eigenvalue weighted by atomic mass is 9.94. The summed E-state index contributed by atoms with van der Waals surface area (Å²) >= 11 is 1.97. The van der Waals surface area contributed by atoms with E-state index in [2.05, 4.69) is 79.7 Å². The Kier molecular flexibility index (Phi) is 3.53. The second kappa shape index (κ2) is 5.89. The van der Waals surface area contributed by atoms with Crippen molar-refractivity contribution in [1.29, 1.82) is 0 Å². The molecule has 5 rings (SSSR count). The van der Waals surface area contributed by atoms with Gasteiger partial charge in [-0.15, -0.1) is 11.8 Å². The lowest BCUT2D eigenvalue weighted by Crippen LogP contribution is -2.16. The number of benzene rings is 3. The first kappa shape index (κ1) is 15.0. The summed E-state index contributed by atoms with van der Waals surface area (Å²) in [6.07, 6.45) is 1.08. The number of hydrogen-bond acceptors (Lipinski definition) is 2. The first-order valence-electron chi connectivity index (χ1n) is 8.79. The number of fused-ring (bicyclic) bond motifs is 4. The summed E-state index contributed by atoms with van der Waals surface area (Å²) in [4.78, 5) is 6.42. The van der Waals surface area contributed by atoms with E-state index >= 15 is 0 Å². The van der Waals surface area contributed by atoms with Crippen molar-refractivity contribution >= 4 is 23.2 Å². The van der Waals surface area contributed by atoms with Crippen LogP contribution >= 0.6 is 11.8 Å². The summed E-state index contributed by atoms with van der Waals surface area (Å²) in [6, 6.07) is 26.4. The Morgan fingerprint density at radius 2 is 1.64 bits per heavy atom. The van der Waals surface area contributed by atoms with Crippen molar-refractivity contribution in [1.82, 2.24) is 0 Å². The van der Waals surface area contributed by atoms with Gasteiger partial charge in [-0.3, -0.25) is 4.99 Å². The van der Waals surface area contributed by atoms with Crippen LogP contribution in [0.4, 0.5) is 5.69 Å². The molecular formula is C23H19NS. The van der Waals surface area contributed by atoms with Gasteiger partial charge in [0.2, 0.25) is 0 Å². The average molecular weight is 341 g/mol. The molecule has 0 saturated heterocycles. The lowest BCUT2D eigenvalue weighted by molar-refractivity contribution is 0.693. The van der Waals surface area contributed by atoms with E-state index in [0.29, 0.717) is 11.2 Å². The fraction of sp³-hybridized carbons (Fsp3) is 0.174. The first-order chi connectivity index (χ1) is 12.3. The number of nitrogens with zero attached hydrogens (tertiary/aromatic N) is 1. The van der Waals surface area contributed by atoms with E-state index < -0.39 is 0 Å². The SMILES string of the molecule is Cc1ccc([C@H]2Sc3ccccc3N=C3c4ccccc4C[C@@H]32)cc1. The van der Waals surface area contributed by atoms with E-state index in [9.17, 15) is 0 Å². The minimum atomic E-state index is 0.399. The Balaban J connectivity index is 1.70. The molecule has 2 aliphatic rings. The maximum absolute atomic E-state index is 5.13. The van der Waals surface area contributed by atoms with Gasteiger partial charge in [0.1, 0.15) is 0 Å². The molecular weight excluding hydrogens is 322 g/mol. The molecule has 0 spiro atoms. The predicted molar refractivity (Wildman–Crippen MR) is 106 cm³/mol. The van der Waals surface area contributed by atoms with Gasteiger partial charge in [-0.05, 0) is 42.2 Å². The minimum absolute atomic E-state index is 0.399. The number of thioether (sulfide) groups is 1. The quantitative estimate of drug-likeness (QED) is 0.518. The van der Waals surface area contributed by atoms with Crippen LogP contribution in [0.25, 0.3) is 0 Å². The van der Waals surface area contributed by atoms with Gasteiger partial charge in [0, 0.05) is 16.1 Å². The molecule has 3 aromatic carbocycles. The van der Waals surface area contributed by atoms with Crippen LogP contribution in [-0.2, 0) is 6.42 Å². The minimum Gasteiger partial charge on any atom is -0.251 e. The summed E-state index contributed by atoms with van der Waals surface area (Å²) in [7, 11) is 0. The van der Waals surface area contributed by atoms with Crippen molar-refractivity contribution in [2.75, 3.05) is 0 Å². The van der Waals surface area contributed by atoms with Crippen LogP contribution in [0.1, 0.15) is 27.5 Å². The molecule has 2 heteroatoms. The molecule has 0 unspecified atom stereocenters. The number of aryl methyl sites for hydroxylation is 1. The van der Waals surface area contributed by atoms with Gasteiger partial charge >= 0.3 is 0 Å². The Bertz CT molecular complexity index is 971. The molecule has 1 nitrogen and oxygen atoms in total. The van der Waals surface area contributed by atoms with Crippen molar-refractivity contribution in [2.24, 2.45) is 10.9 Å².